The molecule has 1 fully saturated rings. The van der Waals surface area contributed by atoms with Crippen LogP contribution in [0.25, 0.3) is 0 Å². The van der Waals surface area contributed by atoms with Gasteiger partial charge in [-0.3, -0.25) is 4.79 Å². The van der Waals surface area contributed by atoms with E-state index < -0.39 is 0 Å². The van der Waals surface area contributed by atoms with E-state index >= 15 is 0 Å². The molecule has 0 aliphatic carbocycles. The zero-order valence-corrected chi connectivity index (χ0v) is 10.2. The fraction of sp³-hybridized carbons (Fsp3) is 0.727. The molecule has 17 heavy (non-hydrogen) atoms. The number of rotatable bonds is 5. The molecule has 0 radical (unpaired) electrons. The van der Waals surface area contributed by atoms with Crippen molar-refractivity contribution in [2.75, 3.05) is 13.7 Å². The summed E-state index contributed by atoms with van der Waals surface area (Å²) in [4.78, 5) is 16.2. The molecule has 0 amide bonds. The summed E-state index contributed by atoms with van der Waals surface area (Å²) in [6, 6.07) is -0.109. The zero-order chi connectivity index (χ0) is 12.3. The van der Waals surface area contributed by atoms with Crippen molar-refractivity contribution in [2.24, 2.45) is 0 Å². The summed E-state index contributed by atoms with van der Waals surface area (Å²) in [5.74, 6) is 0.896. The molecule has 0 saturated carbocycles. The Morgan fingerprint density at radius 2 is 2.53 bits per heavy atom. The summed E-state index contributed by atoms with van der Waals surface area (Å²) in [5, 5.41) is 7.23. The van der Waals surface area contributed by atoms with Crippen LogP contribution in [0.5, 0.6) is 0 Å². The van der Waals surface area contributed by atoms with E-state index in [-0.39, 0.29) is 17.9 Å². The third-order valence-electron chi connectivity index (χ3n) is 3.14. The quantitative estimate of drug-likeness (QED) is 0.768. The van der Waals surface area contributed by atoms with Crippen LogP contribution in [0.2, 0.25) is 0 Å². The van der Waals surface area contributed by atoms with Crippen LogP contribution in [-0.2, 0) is 22.5 Å². The molecular weight excluding hydrogens is 220 g/mol. The minimum Gasteiger partial charge on any atom is -0.380 e. The molecule has 1 aromatic rings. The van der Waals surface area contributed by atoms with Gasteiger partial charge < -0.3 is 10.1 Å². The van der Waals surface area contributed by atoms with Gasteiger partial charge in [0.15, 0.2) is 5.78 Å². The normalized spacial score (nSPS) is 24.1. The van der Waals surface area contributed by atoms with E-state index in [0.29, 0.717) is 6.42 Å². The van der Waals surface area contributed by atoms with Gasteiger partial charge in [0, 0.05) is 20.2 Å². The Hall–Kier alpha value is -1.27. The van der Waals surface area contributed by atoms with Gasteiger partial charge in [-0.2, -0.15) is 5.10 Å². The average molecular weight is 238 g/mol. The lowest BCUT2D eigenvalue weighted by Crippen LogP contribution is -2.32. The van der Waals surface area contributed by atoms with Gasteiger partial charge in [0.05, 0.1) is 18.6 Å². The molecule has 2 rings (SSSR count). The Labute approximate surface area is 100 Å². The molecule has 0 aromatic carbocycles. The molecule has 0 bridgehead atoms. The van der Waals surface area contributed by atoms with E-state index in [1.165, 1.54) is 6.33 Å². The third kappa shape index (κ3) is 2.70. The number of carbonyl (C=O) groups is 1. The topological polar surface area (TPSA) is 69.0 Å². The summed E-state index contributed by atoms with van der Waals surface area (Å²) < 4.78 is 6.97. The summed E-state index contributed by atoms with van der Waals surface area (Å²) >= 11 is 0. The number of carbonyl (C=O) groups excluding carboxylic acids is 1. The molecule has 0 spiro atoms. The number of nitrogens with one attached hydrogen (secondary N) is 1. The van der Waals surface area contributed by atoms with E-state index in [0.717, 1.165) is 25.3 Å². The van der Waals surface area contributed by atoms with Crippen molar-refractivity contribution < 1.29 is 9.53 Å². The van der Waals surface area contributed by atoms with Crippen LogP contribution in [0.4, 0.5) is 0 Å². The molecule has 2 unspecified atom stereocenters. The minimum absolute atomic E-state index is 0.109. The van der Waals surface area contributed by atoms with Crippen molar-refractivity contribution in [1.82, 2.24) is 20.1 Å². The maximum absolute atomic E-state index is 12.0. The van der Waals surface area contributed by atoms with E-state index in [4.69, 9.17) is 4.74 Å². The van der Waals surface area contributed by atoms with Crippen molar-refractivity contribution in [3.63, 3.8) is 0 Å². The highest BCUT2D eigenvalue weighted by Crippen LogP contribution is 2.12. The Morgan fingerprint density at radius 1 is 1.71 bits per heavy atom. The monoisotopic (exact) mass is 238 g/mol. The third-order valence-corrected chi connectivity index (χ3v) is 3.14. The second-order valence-electron chi connectivity index (χ2n) is 4.19. The largest absolute Gasteiger partial charge is 0.380 e. The molecule has 6 heteroatoms. The summed E-state index contributed by atoms with van der Waals surface area (Å²) in [7, 11) is 1.67. The number of ether oxygens (including phenoxy) is 1. The summed E-state index contributed by atoms with van der Waals surface area (Å²) in [5.41, 5.74) is 0. The number of hydrogen-bond acceptors (Lipinski definition) is 5. The van der Waals surface area contributed by atoms with Crippen molar-refractivity contribution in [3.8, 4) is 0 Å². The van der Waals surface area contributed by atoms with Gasteiger partial charge in [0.1, 0.15) is 12.2 Å². The van der Waals surface area contributed by atoms with Crippen molar-refractivity contribution in [1.29, 1.82) is 0 Å². The minimum atomic E-state index is -0.109. The molecule has 1 saturated heterocycles. The second-order valence-corrected chi connectivity index (χ2v) is 4.19. The number of aryl methyl sites for hydroxylation is 1. The Bertz CT molecular complexity index is 391. The molecule has 1 aliphatic rings. The van der Waals surface area contributed by atoms with Gasteiger partial charge in [0.2, 0.25) is 0 Å². The van der Waals surface area contributed by atoms with E-state index in [9.17, 15) is 4.79 Å². The number of methoxy groups -OCH3 is 1. The number of hydrogen-bond donors (Lipinski definition) is 1. The van der Waals surface area contributed by atoms with E-state index in [2.05, 4.69) is 15.4 Å². The summed E-state index contributed by atoms with van der Waals surface area (Å²) in [6.07, 6.45) is 2.72. The Kier molecular flexibility index (Phi) is 3.86. The highest BCUT2D eigenvalue weighted by Gasteiger charge is 2.29. The average Bonchev–Trinajstić information content (AvgIpc) is 2.96. The van der Waals surface area contributed by atoms with Crippen LogP contribution >= 0.6 is 0 Å². The van der Waals surface area contributed by atoms with Crippen LogP contribution in [0.15, 0.2) is 6.33 Å². The molecule has 1 N–H and O–H groups in total. The SMILES string of the molecule is CCn1ncnc1CC(=O)C1CC(OC)CN1. The first kappa shape index (κ1) is 12.2. The first-order valence-corrected chi connectivity index (χ1v) is 5.90. The van der Waals surface area contributed by atoms with Crippen molar-refractivity contribution >= 4 is 5.78 Å². The molecule has 1 aromatic heterocycles. The Balaban J connectivity index is 1.93. The molecule has 2 atom stereocenters. The first-order valence-electron chi connectivity index (χ1n) is 5.90. The van der Waals surface area contributed by atoms with Crippen LogP contribution < -0.4 is 5.32 Å². The van der Waals surface area contributed by atoms with Crippen LogP contribution in [0, 0.1) is 0 Å². The molecule has 1 aliphatic heterocycles. The van der Waals surface area contributed by atoms with Crippen LogP contribution in [-0.4, -0.2) is 46.3 Å². The standard InChI is InChI=1S/C11H18N4O2/c1-3-15-11(13-7-14-15)5-10(16)9-4-8(17-2)6-12-9/h7-9,12H,3-6H2,1-2H3. The predicted molar refractivity (Wildman–Crippen MR) is 61.6 cm³/mol. The van der Waals surface area contributed by atoms with Crippen LogP contribution in [0.1, 0.15) is 19.2 Å². The van der Waals surface area contributed by atoms with Gasteiger partial charge in [0.25, 0.3) is 0 Å². The van der Waals surface area contributed by atoms with Gasteiger partial charge in [-0.05, 0) is 13.3 Å². The molecular formula is C11H18N4O2. The first-order chi connectivity index (χ1) is 8.24. The molecule has 6 nitrogen and oxygen atoms in total. The predicted octanol–water partition coefficient (Wildman–Crippen LogP) is -0.213. The smallest absolute Gasteiger partial charge is 0.157 e. The maximum Gasteiger partial charge on any atom is 0.157 e. The number of ketones is 1. The van der Waals surface area contributed by atoms with Gasteiger partial charge in [-0.1, -0.05) is 0 Å². The highest BCUT2D eigenvalue weighted by molar-refractivity contribution is 5.85. The van der Waals surface area contributed by atoms with Gasteiger partial charge in [-0.25, -0.2) is 9.67 Å². The molecule has 94 valence electrons. The molecule has 2 heterocycles. The second kappa shape index (κ2) is 5.37. The van der Waals surface area contributed by atoms with Crippen molar-refractivity contribution in [2.45, 2.75) is 38.5 Å². The number of nitrogens with zero attached hydrogens (tertiary/aromatic N) is 3. The van der Waals surface area contributed by atoms with Crippen LogP contribution in [0.3, 0.4) is 0 Å². The summed E-state index contributed by atoms with van der Waals surface area (Å²) in [6.45, 7) is 3.46. The van der Waals surface area contributed by atoms with E-state index in [1.807, 2.05) is 6.92 Å². The van der Waals surface area contributed by atoms with Gasteiger partial charge in [-0.15, -0.1) is 0 Å². The highest BCUT2D eigenvalue weighted by atomic mass is 16.5. The lowest BCUT2D eigenvalue weighted by Gasteiger charge is -2.09. The lowest BCUT2D eigenvalue weighted by molar-refractivity contribution is -0.120. The fourth-order valence-corrected chi connectivity index (χ4v) is 2.10. The van der Waals surface area contributed by atoms with E-state index in [1.54, 1.807) is 11.8 Å². The van der Waals surface area contributed by atoms with Gasteiger partial charge >= 0.3 is 0 Å². The number of aromatic nitrogens is 3. The zero-order valence-electron chi connectivity index (χ0n) is 10.2. The Morgan fingerprint density at radius 3 is 3.18 bits per heavy atom. The fourth-order valence-electron chi connectivity index (χ4n) is 2.10. The number of Topliss-reactive ketones (excluding diaryl/α,β-unsaturated/α-hetero) is 1. The maximum atomic E-state index is 12.0. The van der Waals surface area contributed by atoms with Crippen molar-refractivity contribution in [3.05, 3.63) is 12.2 Å². The lowest BCUT2D eigenvalue weighted by atomic mass is 10.1.